The van der Waals surface area contributed by atoms with Gasteiger partial charge in [-0.25, -0.2) is 13.2 Å². The van der Waals surface area contributed by atoms with Crippen LogP contribution in [0.25, 0.3) is 10.9 Å². The van der Waals surface area contributed by atoms with Gasteiger partial charge in [-0.05, 0) is 72.5 Å². The fourth-order valence-corrected chi connectivity index (χ4v) is 5.50. The van der Waals surface area contributed by atoms with E-state index in [-0.39, 0.29) is 18.3 Å². The highest BCUT2D eigenvalue weighted by molar-refractivity contribution is 9.10. The summed E-state index contributed by atoms with van der Waals surface area (Å²) in [7, 11) is -1.93. The number of anilines is 1. The number of hydrogen-bond donors (Lipinski definition) is 3. The first kappa shape index (κ1) is 28.8. The third kappa shape index (κ3) is 7.07. The Labute approximate surface area is 237 Å². The zero-order chi connectivity index (χ0) is 28.3. The van der Waals surface area contributed by atoms with Crippen LogP contribution in [0.15, 0.2) is 77.3 Å². The second-order valence-electron chi connectivity index (χ2n) is 9.80. The monoisotopic (exact) mass is 613 g/mol. The summed E-state index contributed by atoms with van der Waals surface area (Å²) in [5, 5.41) is 24.6. The normalized spacial score (nSPS) is 13.4. The molecule has 2 atom stereocenters. The van der Waals surface area contributed by atoms with E-state index in [4.69, 9.17) is 0 Å². The molecule has 0 aliphatic rings. The number of rotatable bonds is 11. The van der Waals surface area contributed by atoms with Crippen molar-refractivity contribution in [1.82, 2.24) is 9.88 Å². The predicted octanol–water partition coefficient (Wildman–Crippen LogP) is 4.80. The molecule has 0 fully saturated rings. The minimum absolute atomic E-state index is 0.0832. The quantitative estimate of drug-likeness (QED) is 0.224. The predicted molar refractivity (Wildman–Crippen MR) is 158 cm³/mol. The molecular formula is C29H32BrN3O5S. The number of carbonyl (C=O) groups is 1. The Hall–Kier alpha value is -3.18. The van der Waals surface area contributed by atoms with Crippen molar-refractivity contribution in [3.8, 4) is 0 Å². The molecule has 39 heavy (non-hydrogen) atoms. The second-order valence-corrected chi connectivity index (χ2v) is 12.7. The summed E-state index contributed by atoms with van der Waals surface area (Å²) >= 11 is 3.43. The van der Waals surface area contributed by atoms with Crippen LogP contribution in [0.2, 0.25) is 0 Å². The molecule has 8 nitrogen and oxygen atoms in total. The molecule has 0 radical (unpaired) electrons. The summed E-state index contributed by atoms with van der Waals surface area (Å²) in [6, 6.07) is 22.3. The summed E-state index contributed by atoms with van der Waals surface area (Å²) in [4.78, 5) is 12.1. The van der Waals surface area contributed by atoms with Gasteiger partial charge in [0.1, 0.15) is 5.69 Å². The highest BCUT2D eigenvalue weighted by Crippen LogP contribution is 2.25. The van der Waals surface area contributed by atoms with Crippen LogP contribution in [0.5, 0.6) is 0 Å². The van der Waals surface area contributed by atoms with Crippen LogP contribution >= 0.6 is 15.9 Å². The van der Waals surface area contributed by atoms with Crippen molar-refractivity contribution in [2.24, 2.45) is 0 Å². The zero-order valence-electron chi connectivity index (χ0n) is 22.0. The molecular weight excluding hydrogens is 582 g/mol. The summed E-state index contributed by atoms with van der Waals surface area (Å²) in [5.41, 5.74) is 4.12. The highest BCUT2D eigenvalue weighted by Gasteiger charge is 2.18. The molecule has 4 aromatic rings. The number of hydrogen-bond acceptors (Lipinski definition) is 5. The average molecular weight is 615 g/mol. The van der Waals surface area contributed by atoms with Gasteiger partial charge >= 0.3 is 5.97 Å². The lowest BCUT2D eigenvalue weighted by atomic mass is 10.0. The molecule has 3 N–H and O–H groups in total. The van der Waals surface area contributed by atoms with Gasteiger partial charge in [-0.15, -0.1) is 0 Å². The SMILES string of the molecule is CC(Cc1ccc2c(c1)cc(C(=O)O)n2Cc1cccc(N(C)S(C)(=O)=O)c1)NCC(O)c1cccc(Br)c1. The van der Waals surface area contributed by atoms with Gasteiger partial charge in [0.25, 0.3) is 0 Å². The van der Waals surface area contributed by atoms with Gasteiger partial charge in [-0.2, -0.15) is 0 Å². The minimum Gasteiger partial charge on any atom is -0.477 e. The first-order valence-electron chi connectivity index (χ1n) is 12.5. The topological polar surface area (TPSA) is 112 Å². The first-order valence-corrected chi connectivity index (χ1v) is 15.1. The Balaban J connectivity index is 1.51. The van der Waals surface area contributed by atoms with Crippen molar-refractivity contribution in [2.45, 2.75) is 32.0 Å². The van der Waals surface area contributed by atoms with Crippen molar-refractivity contribution in [3.05, 3.63) is 99.7 Å². The number of fused-ring (bicyclic) bond motifs is 1. The fraction of sp³-hybridized carbons (Fsp3) is 0.276. The molecule has 0 spiro atoms. The van der Waals surface area contributed by atoms with E-state index in [9.17, 15) is 23.4 Å². The number of aromatic nitrogens is 1. The Morgan fingerprint density at radius 2 is 1.79 bits per heavy atom. The average Bonchev–Trinajstić information content (AvgIpc) is 3.24. The molecule has 4 rings (SSSR count). The standard InChI is InChI=1S/C29H32BrN3O5S/c1-19(31-17-28(34)22-7-5-8-24(30)15-22)12-20-10-11-26-23(13-20)16-27(29(35)36)33(26)18-21-6-4-9-25(14-21)32(2)39(3,37)38/h4-11,13-16,19,28,31,34H,12,17-18H2,1-3H3,(H,35,36). The van der Waals surface area contributed by atoms with Crippen molar-refractivity contribution in [2.75, 3.05) is 24.2 Å². The zero-order valence-corrected chi connectivity index (χ0v) is 24.4. The molecule has 10 heteroatoms. The Morgan fingerprint density at radius 3 is 2.49 bits per heavy atom. The Bertz CT molecular complexity index is 1600. The van der Waals surface area contributed by atoms with Gasteiger partial charge in [-0.1, -0.05) is 46.3 Å². The van der Waals surface area contributed by atoms with Gasteiger partial charge in [0.15, 0.2) is 0 Å². The maximum Gasteiger partial charge on any atom is 0.352 e. The molecule has 0 saturated heterocycles. The van der Waals surface area contributed by atoms with E-state index in [1.54, 1.807) is 28.8 Å². The van der Waals surface area contributed by atoms with Crippen LogP contribution in [0.3, 0.4) is 0 Å². The van der Waals surface area contributed by atoms with Crippen molar-refractivity contribution >= 4 is 48.5 Å². The maximum atomic E-state index is 12.1. The Kier molecular flexibility index (Phi) is 8.80. The molecule has 206 valence electrons. The van der Waals surface area contributed by atoms with E-state index < -0.39 is 22.1 Å². The molecule has 1 aromatic heterocycles. The maximum absolute atomic E-state index is 12.1. The summed E-state index contributed by atoms with van der Waals surface area (Å²) in [6.07, 6.45) is 1.21. The van der Waals surface area contributed by atoms with E-state index >= 15 is 0 Å². The van der Waals surface area contributed by atoms with Crippen molar-refractivity contribution in [1.29, 1.82) is 0 Å². The number of carboxylic acid groups (broad SMARTS) is 1. The van der Waals surface area contributed by atoms with Crippen LogP contribution in [0.4, 0.5) is 5.69 Å². The number of nitrogens with one attached hydrogen (secondary N) is 1. The van der Waals surface area contributed by atoms with Crippen molar-refractivity contribution < 1.29 is 23.4 Å². The number of halogens is 1. The number of benzene rings is 3. The second kappa shape index (κ2) is 11.9. The lowest BCUT2D eigenvalue weighted by molar-refractivity contribution is 0.0686. The van der Waals surface area contributed by atoms with Gasteiger partial charge in [0.05, 0.1) is 18.0 Å². The number of nitrogens with zero attached hydrogens (tertiary/aromatic N) is 2. The molecule has 3 aromatic carbocycles. The van der Waals surface area contributed by atoms with Gasteiger partial charge in [-0.3, -0.25) is 4.31 Å². The molecule has 0 aliphatic carbocycles. The highest BCUT2D eigenvalue weighted by atomic mass is 79.9. The van der Waals surface area contributed by atoms with Gasteiger partial charge < -0.3 is 20.1 Å². The van der Waals surface area contributed by atoms with Crippen LogP contribution in [-0.4, -0.2) is 55.1 Å². The number of sulfonamides is 1. The summed E-state index contributed by atoms with van der Waals surface area (Å²) in [5.74, 6) is -1.03. The molecule has 0 bridgehead atoms. The van der Waals surface area contributed by atoms with E-state index in [2.05, 4.69) is 21.2 Å². The van der Waals surface area contributed by atoms with E-state index in [1.165, 1.54) is 11.4 Å². The molecule has 1 heterocycles. The smallest absolute Gasteiger partial charge is 0.352 e. The van der Waals surface area contributed by atoms with Crippen LogP contribution in [0.1, 0.15) is 40.2 Å². The largest absolute Gasteiger partial charge is 0.477 e. The van der Waals surface area contributed by atoms with Crippen LogP contribution in [-0.2, 0) is 23.0 Å². The lowest BCUT2D eigenvalue weighted by Gasteiger charge is -2.18. The van der Waals surface area contributed by atoms with E-state index in [0.717, 1.165) is 38.3 Å². The number of aliphatic hydroxyl groups is 1. The van der Waals surface area contributed by atoms with Gasteiger partial charge in [0.2, 0.25) is 10.0 Å². The van der Waals surface area contributed by atoms with Crippen molar-refractivity contribution in [3.63, 3.8) is 0 Å². The van der Waals surface area contributed by atoms with Crippen LogP contribution in [0, 0.1) is 0 Å². The third-order valence-electron chi connectivity index (χ3n) is 6.73. The lowest BCUT2D eigenvalue weighted by Crippen LogP contribution is -2.32. The number of aromatic carboxylic acids is 1. The molecule has 2 unspecified atom stereocenters. The molecule has 0 aliphatic heterocycles. The van der Waals surface area contributed by atoms with E-state index in [1.807, 2.05) is 55.5 Å². The fourth-order valence-electron chi connectivity index (χ4n) is 4.59. The van der Waals surface area contributed by atoms with Crippen LogP contribution < -0.4 is 9.62 Å². The van der Waals surface area contributed by atoms with Gasteiger partial charge in [0, 0.05) is 41.6 Å². The molecule has 0 amide bonds. The third-order valence-corrected chi connectivity index (χ3v) is 8.43. The summed E-state index contributed by atoms with van der Waals surface area (Å²) in [6.45, 7) is 2.74. The molecule has 0 saturated carbocycles. The number of carboxylic acids is 1. The van der Waals surface area contributed by atoms with E-state index in [0.29, 0.717) is 18.7 Å². The Morgan fingerprint density at radius 1 is 1.05 bits per heavy atom. The first-order chi connectivity index (χ1) is 18.4. The minimum atomic E-state index is -3.42. The number of aliphatic hydroxyl groups excluding tert-OH is 1. The summed E-state index contributed by atoms with van der Waals surface area (Å²) < 4.78 is 27.8.